The van der Waals surface area contributed by atoms with Gasteiger partial charge in [-0.1, -0.05) is 42.0 Å². The highest BCUT2D eigenvalue weighted by atomic mass is 16.1. The molecule has 24 heavy (non-hydrogen) atoms. The first-order valence-corrected chi connectivity index (χ1v) is 7.92. The second-order valence-corrected chi connectivity index (χ2v) is 5.88. The van der Waals surface area contributed by atoms with Gasteiger partial charge in [0, 0.05) is 0 Å². The fourth-order valence-corrected chi connectivity index (χ4v) is 2.52. The van der Waals surface area contributed by atoms with E-state index in [4.69, 9.17) is 0 Å². The van der Waals surface area contributed by atoms with E-state index in [0.717, 1.165) is 16.8 Å². The molecule has 1 amide bonds. The molecule has 1 unspecified atom stereocenters. The maximum Gasteiger partial charge on any atom is 0.224 e. The van der Waals surface area contributed by atoms with Crippen molar-refractivity contribution in [1.29, 1.82) is 0 Å². The summed E-state index contributed by atoms with van der Waals surface area (Å²) in [7, 11) is 0. The average molecular weight is 320 g/mol. The Bertz CT molecular complexity index is 792. The van der Waals surface area contributed by atoms with Crippen LogP contribution >= 0.6 is 0 Å². The summed E-state index contributed by atoms with van der Waals surface area (Å²) in [6, 6.07) is 15.9. The molecule has 1 heterocycles. The number of aromatic nitrogens is 3. The Kier molecular flexibility index (Phi) is 4.70. The molecule has 0 aliphatic carbocycles. The quantitative estimate of drug-likeness (QED) is 0.786. The lowest BCUT2D eigenvalue weighted by molar-refractivity contribution is -0.121. The second kappa shape index (κ2) is 7.08. The van der Waals surface area contributed by atoms with Gasteiger partial charge < -0.3 is 5.32 Å². The van der Waals surface area contributed by atoms with E-state index in [-0.39, 0.29) is 11.9 Å². The predicted molar refractivity (Wildman–Crippen MR) is 92.8 cm³/mol. The Morgan fingerprint density at radius 2 is 1.83 bits per heavy atom. The Hall–Kier alpha value is -2.95. The van der Waals surface area contributed by atoms with Crippen molar-refractivity contribution in [3.63, 3.8) is 0 Å². The number of amides is 1. The molecular weight excluding hydrogens is 300 g/mol. The number of nitrogens with zero attached hydrogens (tertiary/aromatic N) is 3. The minimum absolute atomic E-state index is 0.0201. The van der Waals surface area contributed by atoms with Gasteiger partial charge in [0.05, 0.1) is 18.2 Å². The average Bonchev–Trinajstić information content (AvgIpc) is 3.11. The molecule has 122 valence electrons. The number of hydrogen-bond donors (Lipinski definition) is 1. The van der Waals surface area contributed by atoms with Crippen LogP contribution in [0.4, 0.5) is 0 Å². The zero-order valence-corrected chi connectivity index (χ0v) is 13.8. The van der Waals surface area contributed by atoms with Crippen molar-refractivity contribution >= 4 is 5.91 Å². The molecule has 0 aliphatic heterocycles. The molecule has 1 atom stereocenters. The molecule has 5 heteroatoms. The highest BCUT2D eigenvalue weighted by Gasteiger charge is 2.10. The molecule has 3 rings (SSSR count). The summed E-state index contributed by atoms with van der Waals surface area (Å²) < 4.78 is 1.70. The van der Waals surface area contributed by atoms with E-state index in [1.807, 2.05) is 62.4 Å². The van der Waals surface area contributed by atoms with Crippen molar-refractivity contribution in [2.24, 2.45) is 0 Å². The van der Waals surface area contributed by atoms with Gasteiger partial charge in [0.1, 0.15) is 12.7 Å². The SMILES string of the molecule is Cc1ccc(CC(=O)NC(C)c2ccc(-n3cncn3)cc2)cc1. The molecule has 0 bridgehead atoms. The fraction of sp³-hybridized carbons (Fsp3) is 0.211. The van der Waals surface area contributed by atoms with Gasteiger partial charge in [0.25, 0.3) is 0 Å². The van der Waals surface area contributed by atoms with Crippen LogP contribution < -0.4 is 5.32 Å². The Labute approximate surface area is 141 Å². The maximum atomic E-state index is 12.2. The van der Waals surface area contributed by atoms with Gasteiger partial charge in [-0.05, 0) is 37.1 Å². The van der Waals surface area contributed by atoms with Crippen LogP contribution in [0.25, 0.3) is 5.69 Å². The first-order valence-electron chi connectivity index (χ1n) is 7.92. The van der Waals surface area contributed by atoms with Crippen LogP contribution in [0.2, 0.25) is 0 Å². The van der Waals surface area contributed by atoms with Crippen LogP contribution in [-0.2, 0) is 11.2 Å². The zero-order chi connectivity index (χ0) is 16.9. The molecule has 0 saturated heterocycles. The summed E-state index contributed by atoms with van der Waals surface area (Å²) in [5.74, 6) is 0.0201. The molecule has 3 aromatic rings. The predicted octanol–water partition coefficient (Wildman–Crippen LogP) is 3.00. The monoisotopic (exact) mass is 320 g/mol. The summed E-state index contributed by atoms with van der Waals surface area (Å²) in [6.45, 7) is 4.02. The first-order chi connectivity index (χ1) is 11.6. The van der Waals surface area contributed by atoms with Gasteiger partial charge in [-0.3, -0.25) is 4.79 Å². The highest BCUT2D eigenvalue weighted by molar-refractivity contribution is 5.79. The largest absolute Gasteiger partial charge is 0.349 e. The Morgan fingerprint density at radius 3 is 2.46 bits per heavy atom. The molecule has 0 radical (unpaired) electrons. The first kappa shape index (κ1) is 15.9. The maximum absolute atomic E-state index is 12.2. The van der Waals surface area contributed by atoms with Crippen molar-refractivity contribution in [3.8, 4) is 5.69 Å². The van der Waals surface area contributed by atoms with Crippen LogP contribution in [0.5, 0.6) is 0 Å². The normalized spacial score (nSPS) is 11.9. The van der Waals surface area contributed by atoms with E-state index in [1.165, 1.54) is 11.9 Å². The lowest BCUT2D eigenvalue weighted by Gasteiger charge is -2.15. The summed E-state index contributed by atoms with van der Waals surface area (Å²) in [4.78, 5) is 16.1. The standard InChI is InChI=1S/C19H20N4O/c1-14-3-5-16(6-4-14)11-19(24)22-15(2)17-7-9-18(10-8-17)23-13-20-12-21-23/h3-10,12-13,15H,11H2,1-2H3,(H,22,24). The fourth-order valence-electron chi connectivity index (χ4n) is 2.52. The summed E-state index contributed by atoms with van der Waals surface area (Å²) in [6.07, 6.45) is 3.55. The van der Waals surface area contributed by atoms with Crippen LogP contribution in [0.1, 0.15) is 29.7 Å². The van der Waals surface area contributed by atoms with E-state index in [2.05, 4.69) is 15.4 Å². The molecule has 0 aliphatic rings. The number of benzene rings is 2. The van der Waals surface area contributed by atoms with Gasteiger partial charge >= 0.3 is 0 Å². The number of aryl methyl sites for hydroxylation is 1. The molecule has 0 saturated carbocycles. The molecule has 0 fully saturated rings. The topological polar surface area (TPSA) is 59.8 Å². The van der Waals surface area contributed by atoms with E-state index in [0.29, 0.717) is 6.42 Å². The molecule has 1 aromatic heterocycles. The van der Waals surface area contributed by atoms with Crippen molar-refractivity contribution in [2.75, 3.05) is 0 Å². The van der Waals surface area contributed by atoms with Gasteiger partial charge in [-0.15, -0.1) is 0 Å². The van der Waals surface area contributed by atoms with Crippen molar-refractivity contribution in [3.05, 3.63) is 77.9 Å². The van der Waals surface area contributed by atoms with Gasteiger partial charge in [0.2, 0.25) is 5.91 Å². The lowest BCUT2D eigenvalue weighted by atomic mass is 10.1. The Balaban J connectivity index is 1.60. The lowest BCUT2D eigenvalue weighted by Crippen LogP contribution is -2.28. The third-order valence-electron chi connectivity index (χ3n) is 3.94. The third-order valence-corrected chi connectivity index (χ3v) is 3.94. The highest BCUT2D eigenvalue weighted by Crippen LogP contribution is 2.15. The number of hydrogen-bond acceptors (Lipinski definition) is 3. The molecule has 2 aromatic carbocycles. The molecule has 1 N–H and O–H groups in total. The van der Waals surface area contributed by atoms with Crippen LogP contribution in [0.3, 0.4) is 0 Å². The van der Waals surface area contributed by atoms with Gasteiger partial charge in [0.15, 0.2) is 0 Å². The number of rotatable bonds is 5. The van der Waals surface area contributed by atoms with E-state index < -0.39 is 0 Å². The van der Waals surface area contributed by atoms with Gasteiger partial charge in [-0.25, -0.2) is 9.67 Å². The summed E-state index contributed by atoms with van der Waals surface area (Å²) >= 11 is 0. The second-order valence-electron chi connectivity index (χ2n) is 5.88. The molecular formula is C19H20N4O. The van der Waals surface area contributed by atoms with E-state index >= 15 is 0 Å². The number of carbonyl (C=O) groups excluding carboxylic acids is 1. The summed E-state index contributed by atoms with van der Waals surface area (Å²) in [5, 5.41) is 7.14. The molecule has 0 spiro atoms. The third kappa shape index (κ3) is 3.87. The van der Waals surface area contributed by atoms with E-state index in [1.54, 1.807) is 11.0 Å². The number of nitrogens with one attached hydrogen (secondary N) is 1. The minimum Gasteiger partial charge on any atom is -0.349 e. The molecule has 5 nitrogen and oxygen atoms in total. The van der Waals surface area contributed by atoms with Crippen molar-refractivity contribution in [2.45, 2.75) is 26.3 Å². The minimum atomic E-state index is -0.0484. The van der Waals surface area contributed by atoms with Crippen LogP contribution in [0, 0.1) is 6.92 Å². The van der Waals surface area contributed by atoms with E-state index in [9.17, 15) is 4.79 Å². The Morgan fingerprint density at radius 1 is 1.12 bits per heavy atom. The zero-order valence-electron chi connectivity index (χ0n) is 13.8. The van der Waals surface area contributed by atoms with Crippen molar-refractivity contribution in [1.82, 2.24) is 20.1 Å². The van der Waals surface area contributed by atoms with Crippen LogP contribution in [0.15, 0.2) is 61.2 Å². The summed E-state index contributed by atoms with van der Waals surface area (Å²) in [5.41, 5.74) is 4.21. The smallest absolute Gasteiger partial charge is 0.224 e. The van der Waals surface area contributed by atoms with Crippen LogP contribution in [-0.4, -0.2) is 20.7 Å². The van der Waals surface area contributed by atoms with Crippen molar-refractivity contribution < 1.29 is 4.79 Å². The number of carbonyl (C=O) groups is 1. The van der Waals surface area contributed by atoms with Gasteiger partial charge in [-0.2, -0.15) is 5.10 Å².